The number of halogens is 1. The van der Waals surface area contributed by atoms with E-state index in [9.17, 15) is 4.79 Å². The van der Waals surface area contributed by atoms with E-state index in [4.69, 9.17) is 16.7 Å². The van der Waals surface area contributed by atoms with Gasteiger partial charge in [0.25, 0.3) is 5.91 Å². The van der Waals surface area contributed by atoms with Crippen molar-refractivity contribution in [1.82, 2.24) is 14.7 Å². The van der Waals surface area contributed by atoms with Crippen LogP contribution in [0.1, 0.15) is 28.9 Å². The molecule has 0 spiro atoms. The van der Waals surface area contributed by atoms with Crippen LogP contribution in [0.15, 0.2) is 78.2 Å². The lowest BCUT2D eigenvalue weighted by atomic mass is 9.90. The van der Waals surface area contributed by atoms with Crippen molar-refractivity contribution in [3.05, 3.63) is 94.5 Å². The summed E-state index contributed by atoms with van der Waals surface area (Å²) in [4.78, 5) is 16.6. The van der Waals surface area contributed by atoms with E-state index in [1.807, 2.05) is 52.7 Å². The molecule has 1 aliphatic rings. The normalized spacial score (nSPS) is 14.6. The number of piperidine rings is 1. The average Bonchev–Trinajstić information content (AvgIpc) is 3.51. The van der Waals surface area contributed by atoms with Crippen molar-refractivity contribution in [2.45, 2.75) is 19.3 Å². The van der Waals surface area contributed by atoms with Crippen molar-refractivity contribution in [2.75, 3.05) is 13.1 Å². The molecule has 2 aromatic carbocycles. The molecule has 1 aliphatic heterocycles. The van der Waals surface area contributed by atoms with Crippen molar-refractivity contribution in [2.24, 2.45) is 5.92 Å². The molecular formula is C26H24ClN3OS. The first kappa shape index (κ1) is 21.0. The number of nitrogens with zero attached hydrogens (tertiary/aromatic N) is 3. The largest absolute Gasteiger partial charge is 0.337 e. The van der Waals surface area contributed by atoms with Crippen LogP contribution >= 0.6 is 22.9 Å². The molecule has 0 saturated carbocycles. The third kappa shape index (κ3) is 4.50. The van der Waals surface area contributed by atoms with Gasteiger partial charge in [-0.2, -0.15) is 5.10 Å². The Balaban J connectivity index is 1.36. The Labute approximate surface area is 197 Å². The maximum Gasteiger partial charge on any atom is 0.272 e. The topological polar surface area (TPSA) is 38.1 Å². The predicted octanol–water partition coefficient (Wildman–Crippen LogP) is 6.35. The number of thiophene rings is 1. The fourth-order valence-corrected chi connectivity index (χ4v) is 5.11. The highest BCUT2D eigenvalue weighted by atomic mass is 35.5. The molecule has 0 radical (unpaired) electrons. The SMILES string of the molecule is O=C(c1cc(-c2cccs2)nn1-c1ccc(Cl)cc1)N1CCC(Cc2ccccc2)CC1. The molecule has 0 unspecified atom stereocenters. The van der Waals surface area contributed by atoms with E-state index in [1.54, 1.807) is 16.0 Å². The van der Waals surface area contributed by atoms with Crippen LogP contribution in [0.2, 0.25) is 5.02 Å². The molecule has 3 heterocycles. The Morgan fingerprint density at radius 1 is 1.00 bits per heavy atom. The molecular weight excluding hydrogens is 438 g/mol. The quantitative estimate of drug-likeness (QED) is 0.347. The maximum atomic E-state index is 13.6. The van der Waals surface area contributed by atoms with Gasteiger partial charge in [0.15, 0.2) is 0 Å². The molecule has 5 rings (SSSR count). The Hall–Kier alpha value is -2.89. The van der Waals surface area contributed by atoms with E-state index in [0.717, 1.165) is 48.6 Å². The smallest absolute Gasteiger partial charge is 0.272 e. The van der Waals surface area contributed by atoms with Crippen LogP contribution < -0.4 is 0 Å². The second kappa shape index (κ2) is 9.31. The summed E-state index contributed by atoms with van der Waals surface area (Å²) in [5.41, 5.74) is 3.62. The number of likely N-dealkylation sites (tertiary alicyclic amines) is 1. The Bertz CT molecular complexity index is 1180. The fraction of sp³-hybridized carbons (Fsp3) is 0.231. The molecule has 162 valence electrons. The number of benzene rings is 2. The molecule has 4 nitrogen and oxygen atoms in total. The molecule has 1 amide bonds. The van der Waals surface area contributed by atoms with E-state index < -0.39 is 0 Å². The molecule has 32 heavy (non-hydrogen) atoms. The number of aromatic nitrogens is 2. The van der Waals surface area contributed by atoms with E-state index >= 15 is 0 Å². The van der Waals surface area contributed by atoms with Gasteiger partial charge >= 0.3 is 0 Å². The number of hydrogen-bond acceptors (Lipinski definition) is 3. The first-order valence-corrected chi connectivity index (χ1v) is 12.2. The van der Waals surface area contributed by atoms with Gasteiger partial charge in [0.2, 0.25) is 0 Å². The highest BCUT2D eigenvalue weighted by Gasteiger charge is 2.27. The first-order chi connectivity index (χ1) is 15.7. The van der Waals surface area contributed by atoms with Crippen LogP contribution in [0.5, 0.6) is 0 Å². The van der Waals surface area contributed by atoms with Crippen LogP contribution in [-0.2, 0) is 6.42 Å². The summed E-state index contributed by atoms with van der Waals surface area (Å²) in [6, 6.07) is 24.0. The predicted molar refractivity (Wildman–Crippen MR) is 131 cm³/mol. The highest BCUT2D eigenvalue weighted by molar-refractivity contribution is 7.13. The van der Waals surface area contributed by atoms with Gasteiger partial charge in [0.1, 0.15) is 11.4 Å². The fourth-order valence-electron chi connectivity index (χ4n) is 4.31. The Morgan fingerprint density at radius 2 is 1.75 bits per heavy atom. The third-order valence-corrected chi connectivity index (χ3v) is 7.19. The van der Waals surface area contributed by atoms with E-state index in [0.29, 0.717) is 16.6 Å². The zero-order valence-corrected chi connectivity index (χ0v) is 19.2. The summed E-state index contributed by atoms with van der Waals surface area (Å²) in [5, 5.41) is 7.46. The van der Waals surface area contributed by atoms with Crippen molar-refractivity contribution in [3.63, 3.8) is 0 Å². The Morgan fingerprint density at radius 3 is 2.44 bits per heavy atom. The summed E-state index contributed by atoms with van der Waals surface area (Å²) in [6.45, 7) is 1.55. The van der Waals surface area contributed by atoms with Crippen LogP contribution in [-0.4, -0.2) is 33.7 Å². The molecule has 1 saturated heterocycles. The van der Waals surface area contributed by atoms with Gasteiger partial charge in [-0.25, -0.2) is 4.68 Å². The zero-order chi connectivity index (χ0) is 21.9. The molecule has 0 bridgehead atoms. The van der Waals surface area contributed by atoms with Gasteiger partial charge in [0, 0.05) is 18.1 Å². The molecule has 6 heteroatoms. The summed E-state index contributed by atoms with van der Waals surface area (Å²) in [7, 11) is 0. The second-order valence-electron chi connectivity index (χ2n) is 8.21. The molecule has 0 N–H and O–H groups in total. The van der Waals surface area contributed by atoms with Crippen LogP contribution in [0.25, 0.3) is 16.3 Å². The minimum absolute atomic E-state index is 0.0356. The molecule has 2 aromatic heterocycles. The number of carbonyl (C=O) groups excluding carboxylic acids is 1. The van der Waals surface area contributed by atoms with Crippen LogP contribution in [0.3, 0.4) is 0 Å². The lowest BCUT2D eigenvalue weighted by Crippen LogP contribution is -2.39. The number of carbonyl (C=O) groups is 1. The van der Waals surface area contributed by atoms with Crippen LogP contribution in [0, 0.1) is 5.92 Å². The summed E-state index contributed by atoms with van der Waals surface area (Å²) in [5.74, 6) is 0.651. The third-order valence-electron chi connectivity index (χ3n) is 6.04. The first-order valence-electron chi connectivity index (χ1n) is 10.9. The maximum absolute atomic E-state index is 13.6. The van der Waals surface area contributed by atoms with Gasteiger partial charge in [0.05, 0.1) is 10.6 Å². The van der Waals surface area contributed by atoms with Crippen LogP contribution in [0.4, 0.5) is 0 Å². The minimum Gasteiger partial charge on any atom is -0.337 e. The lowest BCUT2D eigenvalue weighted by Gasteiger charge is -2.32. The van der Waals surface area contributed by atoms with Crippen molar-refractivity contribution >= 4 is 28.8 Å². The van der Waals surface area contributed by atoms with Crippen molar-refractivity contribution in [1.29, 1.82) is 0 Å². The zero-order valence-electron chi connectivity index (χ0n) is 17.7. The monoisotopic (exact) mass is 461 g/mol. The molecule has 0 atom stereocenters. The van der Waals surface area contributed by atoms with Gasteiger partial charge < -0.3 is 4.90 Å². The summed E-state index contributed by atoms with van der Waals surface area (Å²) in [6.07, 6.45) is 3.12. The van der Waals surface area contributed by atoms with Crippen molar-refractivity contribution < 1.29 is 4.79 Å². The van der Waals surface area contributed by atoms with Gasteiger partial charge in [-0.3, -0.25) is 4.79 Å². The van der Waals surface area contributed by atoms with E-state index in [2.05, 4.69) is 30.3 Å². The Kier molecular flexibility index (Phi) is 6.10. The second-order valence-corrected chi connectivity index (χ2v) is 9.59. The minimum atomic E-state index is 0.0356. The number of hydrogen-bond donors (Lipinski definition) is 0. The van der Waals surface area contributed by atoms with E-state index in [1.165, 1.54) is 5.56 Å². The standard InChI is InChI=1S/C26H24ClN3OS/c27-21-8-10-22(11-9-21)30-24(18-23(28-30)25-7-4-16-32-25)26(31)29-14-12-20(13-15-29)17-19-5-2-1-3-6-19/h1-11,16,18,20H,12-15,17H2. The van der Waals surface area contributed by atoms with Gasteiger partial charge in [-0.1, -0.05) is 48.0 Å². The van der Waals surface area contributed by atoms with Crippen molar-refractivity contribution in [3.8, 4) is 16.3 Å². The molecule has 0 aliphatic carbocycles. The van der Waals surface area contributed by atoms with Gasteiger partial charge in [-0.05, 0) is 72.5 Å². The molecule has 1 fully saturated rings. The molecule has 4 aromatic rings. The highest BCUT2D eigenvalue weighted by Crippen LogP contribution is 2.28. The van der Waals surface area contributed by atoms with Gasteiger partial charge in [-0.15, -0.1) is 11.3 Å². The average molecular weight is 462 g/mol. The number of amides is 1. The number of rotatable bonds is 5. The lowest BCUT2D eigenvalue weighted by molar-refractivity contribution is 0.0681. The summed E-state index contributed by atoms with van der Waals surface area (Å²) < 4.78 is 1.75. The summed E-state index contributed by atoms with van der Waals surface area (Å²) >= 11 is 7.70. The van der Waals surface area contributed by atoms with E-state index in [-0.39, 0.29) is 5.91 Å².